The summed E-state index contributed by atoms with van der Waals surface area (Å²) in [5.41, 5.74) is 4.51. The average molecular weight is 387 g/mol. The van der Waals surface area contributed by atoms with Crippen molar-refractivity contribution in [3.63, 3.8) is 0 Å². The molecule has 1 unspecified atom stereocenters. The van der Waals surface area contributed by atoms with E-state index in [0.717, 1.165) is 17.7 Å². The van der Waals surface area contributed by atoms with Gasteiger partial charge in [-0.3, -0.25) is 10.00 Å². The van der Waals surface area contributed by atoms with Gasteiger partial charge < -0.3 is 5.21 Å². The molecule has 1 atom stereocenters. The molecule has 3 aromatic rings. The predicted molar refractivity (Wildman–Crippen MR) is 113 cm³/mol. The van der Waals surface area contributed by atoms with E-state index in [4.69, 9.17) is 4.98 Å². The van der Waals surface area contributed by atoms with E-state index in [1.54, 1.807) is 6.20 Å². The Morgan fingerprint density at radius 2 is 2.14 bits per heavy atom. The molecule has 2 aliphatic rings. The molecule has 8 heteroatoms. The molecule has 8 nitrogen and oxygen atoms in total. The van der Waals surface area contributed by atoms with Crippen LogP contribution in [0.25, 0.3) is 11.4 Å². The Balaban J connectivity index is 1.51. The van der Waals surface area contributed by atoms with Gasteiger partial charge in [0.2, 0.25) is 11.5 Å². The van der Waals surface area contributed by atoms with Crippen LogP contribution in [0.15, 0.2) is 54.1 Å². The highest BCUT2D eigenvalue weighted by atomic mass is 16.6. The fourth-order valence-corrected chi connectivity index (χ4v) is 3.80. The van der Waals surface area contributed by atoms with Gasteiger partial charge >= 0.3 is 5.96 Å². The molecule has 29 heavy (non-hydrogen) atoms. The van der Waals surface area contributed by atoms with Gasteiger partial charge in [-0.25, -0.2) is 14.6 Å². The third-order valence-corrected chi connectivity index (χ3v) is 5.11. The normalized spacial score (nSPS) is 19.1. The lowest BCUT2D eigenvalue weighted by atomic mass is 10.1. The Bertz CT molecular complexity index is 1160. The van der Waals surface area contributed by atoms with Gasteiger partial charge in [-0.2, -0.15) is 10.1 Å². The van der Waals surface area contributed by atoms with Crippen molar-refractivity contribution in [2.45, 2.75) is 33.2 Å². The van der Waals surface area contributed by atoms with Crippen molar-refractivity contribution in [2.24, 2.45) is 4.99 Å². The predicted octanol–water partition coefficient (Wildman–Crippen LogP) is 3.72. The summed E-state index contributed by atoms with van der Waals surface area (Å²) < 4.78 is 1.14. The zero-order valence-electron chi connectivity index (χ0n) is 16.3. The average Bonchev–Trinajstić information content (AvgIpc) is 3.35. The Morgan fingerprint density at radius 1 is 1.24 bits per heavy atom. The minimum Gasteiger partial charge on any atom is -0.614 e. The number of guanidine groups is 1. The summed E-state index contributed by atoms with van der Waals surface area (Å²) in [6.45, 7) is 4.82. The second kappa shape index (κ2) is 6.61. The van der Waals surface area contributed by atoms with Gasteiger partial charge in [0.25, 0.3) is 0 Å². The maximum atomic E-state index is 13.2. The lowest BCUT2D eigenvalue weighted by Gasteiger charge is -2.29. The van der Waals surface area contributed by atoms with Crippen molar-refractivity contribution in [3.05, 3.63) is 71.1 Å². The van der Waals surface area contributed by atoms with Gasteiger partial charge in [0.1, 0.15) is 11.9 Å². The number of rotatable bonds is 5. The number of hydrogen-bond acceptors (Lipinski definition) is 6. The third kappa shape index (κ3) is 2.93. The maximum Gasteiger partial charge on any atom is 0.318 e. The van der Waals surface area contributed by atoms with E-state index in [-0.39, 0.29) is 0 Å². The van der Waals surface area contributed by atoms with E-state index >= 15 is 0 Å². The van der Waals surface area contributed by atoms with Crippen molar-refractivity contribution < 1.29 is 0 Å². The number of fused-ring (bicyclic) bond motifs is 3. The van der Waals surface area contributed by atoms with Crippen LogP contribution in [0, 0.1) is 12.1 Å². The lowest BCUT2D eigenvalue weighted by molar-refractivity contribution is 0.686. The molecule has 0 saturated carbocycles. The van der Waals surface area contributed by atoms with Gasteiger partial charge in [-0.1, -0.05) is 43.2 Å². The van der Waals surface area contributed by atoms with Gasteiger partial charge in [0.05, 0.1) is 24.5 Å². The van der Waals surface area contributed by atoms with Crippen LogP contribution in [0.4, 0.5) is 11.5 Å². The maximum absolute atomic E-state index is 13.2. The molecule has 0 fully saturated rings. The number of nitrogens with one attached hydrogen (secondary N) is 1. The van der Waals surface area contributed by atoms with Gasteiger partial charge in [0.15, 0.2) is 5.82 Å². The van der Waals surface area contributed by atoms with Gasteiger partial charge in [-0.05, 0) is 18.9 Å². The van der Waals surface area contributed by atoms with E-state index in [0.29, 0.717) is 36.3 Å². The standard InChI is InChI=1S/C21H21N7O/c1-3-5-17-18-20(26-21-22-8-9-28(18,21)29)25-19(24-17)16-11-23-27(13-16)12-15-7-4-6-14(2)10-15/h4,6-11,13H,3,5,12H2,1-2H3,(H,22,24,25,26). The second-order valence-electron chi connectivity index (χ2n) is 7.39. The SMILES string of the molecule is CCCc1nc(-c2cnn(Cc3cccc(C)c3)c2)nc2c1[N+]1([O-])C=CN=C1N2. The van der Waals surface area contributed by atoms with Crippen LogP contribution >= 0.6 is 0 Å². The topological polar surface area (TPSA) is 91.0 Å². The number of hydrogen-bond donors (Lipinski definition) is 1. The molecule has 0 spiro atoms. The fraction of sp³-hybridized carbons (Fsp3) is 0.238. The minimum absolute atomic E-state index is 0.318. The van der Waals surface area contributed by atoms with Crippen molar-refractivity contribution in [3.8, 4) is 11.4 Å². The number of anilines is 1. The molecule has 0 aliphatic carbocycles. The van der Waals surface area contributed by atoms with Crippen LogP contribution in [-0.4, -0.2) is 25.7 Å². The van der Waals surface area contributed by atoms with Crippen LogP contribution in [0.2, 0.25) is 0 Å². The first-order valence-electron chi connectivity index (χ1n) is 9.69. The van der Waals surface area contributed by atoms with E-state index in [2.05, 4.69) is 52.4 Å². The Kier molecular flexibility index (Phi) is 4.04. The molecule has 2 aliphatic heterocycles. The Morgan fingerprint density at radius 3 is 2.97 bits per heavy atom. The second-order valence-corrected chi connectivity index (χ2v) is 7.39. The smallest absolute Gasteiger partial charge is 0.318 e. The molecular weight excluding hydrogens is 366 g/mol. The molecular formula is C21H21N7O. The molecule has 1 aromatic carbocycles. The molecule has 146 valence electrons. The number of benzene rings is 1. The summed E-state index contributed by atoms with van der Waals surface area (Å²) in [4.78, 5) is 13.5. The van der Waals surface area contributed by atoms with Crippen LogP contribution in [0.5, 0.6) is 0 Å². The number of aliphatic imine (C=N–C) groups is 1. The van der Waals surface area contributed by atoms with E-state index < -0.39 is 4.65 Å². The number of hydroxylamine groups is 2. The number of aryl methyl sites for hydroxylation is 2. The molecule has 0 amide bonds. The molecule has 2 aromatic heterocycles. The van der Waals surface area contributed by atoms with Gasteiger partial charge in [0, 0.05) is 6.20 Å². The van der Waals surface area contributed by atoms with E-state index in [1.807, 2.05) is 16.9 Å². The summed E-state index contributed by atoms with van der Waals surface area (Å²) in [5.74, 6) is 1.41. The van der Waals surface area contributed by atoms with Gasteiger partial charge in [-0.15, -0.1) is 0 Å². The molecule has 1 N–H and O–H groups in total. The number of nitrogens with zero attached hydrogens (tertiary/aromatic N) is 6. The quantitative estimate of drug-likeness (QED) is 0.532. The highest BCUT2D eigenvalue weighted by Gasteiger charge is 2.43. The minimum atomic E-state index is -0.739. The Hall–Kier alpha value is -3.36. The molecule has 0 saturated heterocycles. The summed E-state index contributed by atoms with van der Waals surface area (Å²) in [5, 5.41) is 20.8. The zero-order valence-corrected chi connectivity index (χ0v) is 16.3. The summed E-state index contributed by atoms with van der Waals surface area (Å²) in [6, 6.07) is 8.36. The van der Waals surface area contributed by atoms with Crippen molar-refractivity contribution in [1.29, 1.82) is 0 Å². The zero-order chi connectivity index (χ0) is 20.0. The summed E-state index contributed by atoms with van der Waals surface area (Å²) in [7, 11) is 0. The van der Waals surface area contributed by atoms with E-state index in [9.17, 15) is 5.21 Å². The molecule has 0 radical (unpaired) electrons. The largest absolute Gasteiger partial charge is 0.614 e. The highest BCUT2D eigenvalue weighted by Crippen LogP contribution is 2.42. The number of quaternary nitrogens is 1. The monoisotopic (exact) mass is 387 g/mol. The first kappa shape index (κ1) is 17.7. The Labute approximate surface area is 168 Å². The van der Waals surface area contributed by atoms with Crippen LogP contribution in [0.3, 0.4) is 0 Å². The third-order valence-electron chi connectivity index (χ3n) is 5.11. The van der Waals surface area contributed by atoms with Crippen LogP contribution in [0.1, 0.15) is 30.2 Å². The first-order chi connectivity index (χ1) is 14.1. The fourth-order valence-electron chi connectivity index (χ4n) is 3.80. The highest BCUT2D eigenvalue weighted by molar-refractivity contribution is 6.13. The van der Waals surface area contributed by atoms with E-state index in [1.165, 1.54) is 23.5 Å². The van der Waals surface area contributed by atoms with Crippen molar-refractivity contribution in [2.75, 3.05) is 5.32 Å². The molecule has 0 bridgehead atoms. The summed E-state index contributed by atoms with van der Waals surface area (Å²) in [6.07, 6.45) is 8.32. The molecule has 4 heterocycles. The number of aromatic nitrogens is 4. The van der Waals surface area contributed by atoms with Crippen LogP contribution in [-0.2, 0) is 13.0 Å². The molecule has 5 rings (SSSR count). The lowest BCUT2D eigenvalue weighted by Crippen LogP contribution is -2.40. The van der Waals surface area contributed by atoms with Crippen molar-refractivity contribution in [1.82, 2.24) is 24.4 Å². The first-order valence-corrected chi connectivity index (χ1v) is 9.69. The van der Waals surface area contributed by atoms with Crippen LogP contribution < -0.4 is 9.96 Å². The van der Waals surface area contributed by atoms with Crippen molar-refractivity contribution >= 4 is 17.5 Å². The summed E-state index contributed by atoms with van der Waals surface area (Å²) >= 11 is 0.